The van der Waals surface area contributed by atoms with Crippen molar-refractivity contribution in [2.75, 3.05) is 5.73 Å². The standard InChI is InChI=1S/C15H15N3O2/c16-13-7-5-11(6-8-13)9-15(20)18-17-10-12-3-1-2-4-14(12)19/h1-8,10,19H,9,16H2,(H,18,20)/b17-10-. The molecule has 0 spiro atoms. The second kappa shape index (κ2) is 6.38. The fraction of sp³-hybridized carbons (Fsp3) is 0.0667. The third kappa shape index (κ3) is 3.84. The molecule has 0 saturated carbocycles. The van der Waals surface area contributed by atoms with Crippen LogP contribution in [0.25, 0.3) is 0 Å². The number of anilines is 1. The molecule has 1 amide bonds. The number of carbonyl (C=O) groups excluding carboxylic acids is 1. The van der Waals surface area contributed by atoms with Gasteiger partial charge in [-0.1, -0.05) is 24.3 Å². The number of rotatable bonds is 4. The van der Waals surface area contributed by atoms with Crippen molar-refractivity contribution < 1.29 is 9.90 Å². The zero-order valence-electron chi connectivity index (χ0n) is 10.8. The molecule has 0 atom stereocenters. The van der Waals surface area contributed by atoms with Crippen molar-refractivity contribution in [3.8, 4) is 5.75 Å². The molecular formula is C15H15N3O2. The van der Waals surface area contributed by atoms with Gasteiger partial charge in [0.05, 0.1) is 12.6 Å². The monoisotopic (exact) mass is 269 g/mol. The van der Waals surface area contributed by atoms with E-state index in [4.69, 9.17) is 5.73 Å². The molecule has 0 bridgehead atoms. The maximum Gasteiger partial charge on any atom is 0.244 e. The Morgan fingerprint density at radius 2 is 1.90 bits per heavy atom. The lowest BCUT2D eigenvalue weighted by molar-refractivity contribution is -0.120. The van der Waals surface area contributed by atoms with Crippen LogP contribution in [-0.2, 0) is 11.2 Å². The first-order chi connectivity index (χ1) is 9.65. The first-order valence-corrected chi connectivity index (χ1v) is 6.09. The van der Waals surface area contributed by atoms with Crippen LogP contribution in [0.15, 0.2) is 53.6 Å². The number of para-hydroxylation sites is 1. The molecule has 2 aromatic carbocycles. The number of phenols is 1. The molecule has 102 valence electrons. The third-order valence-corrected chi connectivity index (χ3v) is 2.67. The van der Waals surface area contributed by atoms with Gasteiger partial charge in [-0.05, 0) is 29.8 Å². The molecule has 4 N–H and O–H groups in total. The van der Waals surface area contributed by atoms with Crippen LogP contribution in [0.1, 0.15) is 11.1 Å². The molecule has 2 aromatic rings. The second-order valence-electron chi connectivity index (χ2n) is 4.27. The van der Waals surface area contributed by atoms with E-state index in [2.05, 4.69) is 10.5 Å². The minimum absolute atomic E-state index is 0.115. The Kier molecular flexibility index (Phi) is 4.34. The highest BCUT2D eigenvalue weighted by atomic mass is 16.3. The minimum atomic E-state index is -0.235. The highest BCUT2D eigenvalue weighted by Gasteiger charge is 2.02. The van der Waals surface area contributed by atoms with Crippen molar-refractivity contribution in [2.45, 2.75) is 6.42 Å². The van der Waals surface area contributed by atoms with E-state index in [0.29, 0.717) is 11.3 Å². The van der Waals surface area contributed by atoms with Crippen LogP contribution in [0.3, 0.4) is 0 Å². The van der Waals surface area contributed by atoms with Crippen LogP contribution in [0.2, 0.25) is 0 Å². The summed E-state index contributed by atoms with van der Waals surface area (Å²) in [7, 11) is 0. The number of nitrogen functional groups attached to an aromatic ring is 1. The number of amides is 1. The lowest BCUT2D eigenvalue weighted by atomic mass is 10.1. The number of nitrogens with zero attached hydrogens (tertiary/aromatic N) is 1. The molecule has 5 nitrogen and oxygen atoms in total. The number of hydrazone groups is 1. The topological polar surface area (TPSA) is 87.7 Å². The molecule has 0 heterocycles. The van der Waals surface area contributed by atoms with Gasteiger partial charge in [0.25, 0.3) is 0 Å². The molecule has 0 aliphatic heterocycles. The summed E-state index contributed by atoms with van der Waals surface area (Å²) in [6.45, 7) is 0. The molecule has 0 fully saturated rings. The van der Waals surface area contributed by atoms with E-state index in [9.17, 15) is 9.90 Å². The van der Waals surface area contributed by atoms with E-state index in [1.807, 2.05) is 0 Å². The van der Waals surface area contributed by atoms with Crippen molar-refractivity contribution in [1.29, 1.82) is 0 Å². The SMILES string of the molecule is Nc1ccc(CC(=O)N/N=C\c2ccccc2O)cc1. The molecule has 5 heteroatoms. The Labute approximate surface area is 116 Å². The fourth-order valence-corrected chi connectivity index (χ4v) is 1.63. The van der Waals surface area contributed by atoms with E-state index >= 15 is 0 Å². The molecule has 0 unspecified atom stereocenters. The number of aromatic hydroxyl groups is 1. The van der Waals surface area contributed by atoms with Crippen LogP contribution in [0.5, 0.6) is 5.75 Å². The van der Waals surface area contributed by atoms with E-state index in [1.54, 1.807) is 48.5 Å². The van der Waals surface area contributed by atoms with Crippen LogP contribution >= 0.6 is 0 Å². The Hall–Kier alpha value is -2.82. The predicted molar refractivity (Wildman–Crippen MR) is 78.4 cm³/mol. The van der Waals surface area contributed by atoms with Gasteiger partial charge < -0.3 is 10.8 Å². The Balaban J connectivity index is 1.89. The van der Waals surface area contributed by atoms with Gasteiger partial charge in [-0.2, -0.15) is 5.10 Å². The Bertz CT molecular complexity index is 621. The van der Waals surface area contributed by atoms with Crippen molar-refractivity contribution in [2.24, 2.45) is 5.10 Å². The lowest BCUT2D eigenvalue weighted by Crippen LogP contribution is -2.19. The summed E-state index contributed by atoms with van der Waals surface area (Å²) in [6.07, 6.45) is 1.62. The maximum atomic E-state index is 11.7. The number of nitrogens with one attached hydrogen (secondary N) is 1. The summed E-state index contributed by atoms with van der Waals surface area (Å²) in [5.41, 5.74) is 10.0. The molecule has 20 heavy (non-hydrogen) atoms. The number of hydrogen-bond donors (Lipinski definition) is 3. The highest BCUT2D eigenvalue weighted by Crippen LogP contribution is 2.12. The van der Waals surface area contributed by atoms with Gasteiger partial charge in [0, 0.05) is 11.3 Å². The molecule has 0 aromatic heterocycles. The van der Waals surface area contributed by atoms with Gasteiger partial charge in [0.2, 0.25) is 5.91 Å². The average Bonchev–Trinajstić information content (AvgIpc) is 2.43. The normalized spacial score (nSPS) is 10.6. The summed E-state index contributed by atoms with van der Waals surface area (Å²) >= 11 is 0. The Morgan fingerprint density at radius 1 is 1.20 bits per heavy atom. The van der Waals surface area contributed by atoms with E-state index in [-0.39, 0.29) is 18.1 Å². The summed E-state index contributed by atoms with van der Waals surface area (Å²) in [5, 5.41) is 13.3. The van der Waals surface area contributed by atoms with Crippen LogP contribution in [0.4, 0.5) is 5.69 Å². The number of benzene rings is 2. The lowest BCUT2D eigenvalue weighted by Gasteiger charge is -2.01. The number of phenolic OH excluding ortho intramolecular Hbond substituents is 1. The largest absolute Gasteiger partial charge is 0.507 e. The quantitative estimate of drug-likeness (QED) is 0.448. The summed E-state index contributed by atoms with van der Waals surface area (Å²) < 4.78 is 0. The summed E-state index contributed by atoms with van der Waals surface area (Å²) in [6, 6.07) is 13.8. The second-order valence-corrected chi connectivity index (χ2v) is 4.27. The highest BCUT2D eigenvalue weighted by molar-refractivity contribution is 5.85. The zero-order valence-corrected chi connectivity index (χ0v) is 10.8. The summed E-state index contributed by atoms with van der Waals surface area (Å²) in [4.78, 5) is 11.7. The summed E-state index contributed by atoms with van der Waals surface area (Å²) in [5.74, 6) is -0.120. The molecule has 0 aliphatic rings. The number of nitrogens with two attached hydrogens (primary N) is 1. The van der Waals surface area contributed by atoms with Crippen LogP contribution < -0.4 is 11.2 Å². The third-order valence-electron chi connectivity index (χ3n) is 2.67. The fourth-order valence-electron chi connectivity index (χ4n) is 1.63. The molecular weight excluding hydrogens is 254 g/mol. The van der Waals surface area contributed by atoms with Gasteiger partial charge in [0.1, 0.15) is 5.75 Å². The van der Waals surface area contributed by atoms with Crippen molar-refractivity contribution >= 4 is 17.8 Å². The van der Waals surface area contributed by atoms with E-state index < -0.39 is 0 Å². The molecule has 0 aliphatic carbocycles. The predicted octanol–water partition coefficient (Wildman–Crippen LogP) is 1.67. The van der Waals surface area contributed by atoms with Gasteiger partial charge in [0.15, 0.2) is 0 Å². The zero-order chi connectivity index (χ0) is 14.4. The van der Waals surface area contributed by atoms with Gasteiger partial charge in [-0.3, -0.25) is 4.79 Å². The molecule has 0 radical (unpaired) electrons. The number of hydrogen-bond acceptors (Lipinski definition) is 4. The van der Waals surface area contributed by atoms with E-state index in [0.717, 1.165) is 5.56 Å². The minimum Gasteiger partial charge on any atom is -0.507 e. The average molecular weight is 269 g/mol. The van der Waals surface area contributed by atoms with Gasteiger partial charge >= 0.3 is 0 Å². The Morgan fingerprint density at radius 3 is 2.60 bits per heavy atom. The van der Waals surface area contributed by atoms with Crippen LogP contribution in [-0.4, -0.2) is 17.2 Å². The van der Waals surface area contributed by atoms with Gasteiger partial charge in [-0.25, -0.2) is 5.43 Å². The van der Waals surface area contributed by atoms with Crippen molar-refractivity contribution in [1.82, 2.24) is 5.43 Å². The maximum absolute atomic E-state index is 11.7. The van der Waals surface area contributed by atoms with Gasteiger partial charge in [-0.15, -0.1) is 0 Å². The smallest absolute Gasteiger partial charge is 0.244 e. The van der Waals surface area contributed by atoms with E-state index in [1.165, 1.54) is 6.21 Å². The van der Waals surface area contributed by atoms with Crippen LogP contribution in [0, 0.1) is 0 Å². The first-order valence-electron chi connectivity index (χ1n) is 6.09. The van der Waals surface area contributed by atoms with Crippen molar-refractivity contribution in [3.05, 3.63) is 59.7 Å². The number of carbonyl (C=O) groups is 1. The molecule has 2 rings (SSSR count). The molecule has 0 saturated heterocycles. The first kappa shape index (κ1) is 13.6. The van der Waals surface area contributed by atoms with Crippen molar-refractivity contribution in [3.63, 3.8) is 0 Å².